The molecule has 5 heteroatoms. The average Bonchev–Trinajstić information content (AvgIpc) is 2.57. The van der Waals surface area contributed by atoms with Crippen LogP contribution in [0.25, 0.3) is 0 Å². The number of carbonyl (C=O) groups excluding carboxylic acids is 1. The minimum absolute atomic E-state index is 0.00575. The van der Waals surface area contributed by atoms with Gasteiger partial charge in [0.05, 0.1) is 6.61 Å². The van der Waals surface area contributed by atoms with Crippen molar-refractivity contribution in [2.75, 3.05) is 13.2 Å². The molecule has 0 aliphatic carbocycles. The first-order valence-corrected chi connectivity index (χ1v) is 7.82. The van der Waals surface area contributed by atoms with Gasteiger partial charge in [-0.15, -0.1) is 0 Å². The van der Waals surface area contributed by atoms with E-state index in [0.29, 0.717) is 6.54 Å². The predicted octanol–water partition coefficient (Wildman–Crippen LogP) is 2.52. The second-order valence-corrected chi connectivity index (χ2v) is 5.61. The fraction of sp³-hybridized carbons (Fsp3) is 0.333. The van der Waals surface area contributed by atoms with Gasteiger partial charge in [0.1, 0.15) is 11.3 Å². The lowest BCUT2D eigenvalue weighted by Crippen LogP contribution is -2.31. The normalized spacial score (nSPS) is 14.3. The van der Waals surface area contributed by atoms with E-state index < -0.39 is 5.97 Å². The fourth-order valence-corrected chi connectivity index (χ4v) is 2.86. The molecular weight excluding hydrogens is 292 g/mol. The zero-order chi connectivity index (χ0) is 16.2. The van der Waals surface area contributed by atoms with Crippen LogP contribution in [-0.2, 0) is 24.2 Å². The monoisotopic (exact) mass is 312 g/mol. The second-order valence-electron chi connectivity index (χ2n) is 5.61. The standard InChI is InChI=1S/C18H20N2O3/c1-2-23-18(22)14-10-19-16-8-9-20(12-15(16)17(14)21)11-13-6-4-3-5-7-13/h3-7,10H,2,8-9,11-12H2,1H3,(H,19,21). The van der Waals surface area contributed by atoms with Gasteiger partial charge >= 0.3 is 5.97 Å². The summed E-state index contributed by atoms with van der Waals surface area (Å²) >= 11 is 0. The van der Waals surface area contributed by atoms with Crippen molar-refractivity contribution in [1.29, 1.82) is 0 Å². The van der Waals surface area contributed by atoms with E-state index in [0.717, 1.165) is 30.8 Å². The smallest absolute Gasteiger partial charge is 0.343 e. The molecule has 2 aromatic rings. The van der Waals surface area contributed by atoms with Crippen molar-refractivity contribution in [1.82, 2.24) is 9.88 Å². The number of pyridine rings is 1. The maximum atomic E-state index is 11.9. The van der Waals surface area contributed by atoms with Crippen molar-refractivity contribution in [2.24, 2.45) is 0 Å². The Labute approximate surface area is 135 Å². The molecule has 0 spiro atoms. The van der Waals surface area contributed by atoms with Crippen molar-refractivity contribution in [3.63, 3.8) is 0 Å². The van der Waals surface area contributed by atoms with Crippen LogP contribution in [0.15, 0.2) is 36.5 Å². The third-order valence-electron chi connectivity index (χ3n) is 4.03. The molecule has 0 amide bonds. The number of fused-ring (bicyclic) bond motifs is 1. The molecule has 0 saturated carbocycles. The van der Waals surface area contributed by atoms with Crippen LogP contribution in [0.5, 0.6) is 5.75 Å². The van der Waals surface area contributed by atoms with E-state index in [1.54, 1.807) is 6.92 Å². The molecule has 3 rings (SSSR count). The van der Waals surface area contributed by atoms with E-state index >= 15 is 0 Å². The lowest BCUT2D eigenvalue weighted by molar-refractivity contribution is 0.0522. The SMILES string of the molecule is CCOC(=O)c1cnc2c(c1O)CN(Cc1ccccc1)CC2. The number of carbonyl (C=O) groups is 1. The molecule has 1 aromatic carbocycles. The quantitative estimate of drug-likeness (QED) is 0.879. The molecule has 1 aliphatic heterocycles. The first-order chi connectivity index (χ1) is 11.2. The van der Waals surface area contributed by atoms with E-state index in [1.807, 2.05) is 18.2 Å². The van der Waals surface area contributed by atoms with Crippen LogP contribution < -0.4 is 0 Å². The zero-order valence-electron chi connectivity index (χ0n) is 13.2. The van der Waals surface area contributed by atoms with E-state index in [2.05, 4.69) is 22.0 Å². The van der Waals surface area contributed by atoms with Gasteiger partial charge in [-0.2, -0.15) is 0 Å². The average molecular weight is 312 g/mol. The van der Waals surface area contributed by atoms with Crippen LogP contribution in [-0.4, -0.2) is 34.1 Å². The maximum Gasteiger partial charge on any atom is 0.343 e. The van der Waals surface area contributed by atoms with Gasteiger partial charge in [0.15, 0.2) is 0 Å². The lowest BCUT2D eigenvalue weighted by atomic mass is 10.0. The summed E-state index contributed by atoms with van der Waals surface area (Å²) in [5.41, 5.74) is 2.97. The number of ether oxygens (including phenoxy) is 1. The molecule has 120 valence electrons. The first-order valence-electron chi connectivity index (χ1n) is 7.82. The number of aromatic nitrogens is 1. The van der Waals surface area contributed by atoms with Gasteiger partial charge in [0.2, 0.25) is 0 Å². The van der Waals surface area contributed by atoms with Crippen molar-refractivity contribution in [3.05, 3.63) is 58.9 Å². The summed E-state index contributed by atoms with van der Waals surface area (Å²) in [4.78, 5) is 18.5. The largest absolute Gasteiger partial charge is 0.507 e. The molecule has 0 unspecified atom stereocenters. The topological polar surface area (TPSA) is 62.7 Å². The summed E-state index contributed by atoms with van der Waals surface area (Å²) in [5.74, 6) is -0.522. The van der Waals surface area contributed by atoms with Crippen LogP contribution in [0.1, 0.15) is 34.1 Å². The first kappa shape index (κ1) is 15.5. The summed E-state index contributed by atoms with van der Waals surface area (Å²) in [7, 11) is 0. The van der Waals surface area contributed by atoms with Gasteiger partial charge in [-0.3, -0.25) is 9.88 Å². The Bertz CT molecular complexity index is 701. The molecular formula is C18H20N2O3. The Kier molecular flexibility index (Phi) is 4.57. The lowest BCUT2D eigenvalue weighted by Gasteiger charge is -2.29. The molecule has 1 N–H and O–H groups in total. The third-order valence-corrected chi connectivity index (χ3v) is 4.03. The number of aromatic hydroxyl groups is 1. The number of hydrogen-bond donors (Lipinski definition) is 1. The number of nitrogens with zero attached hydrogens (tertiary/aromatic N) is 2. The van der Waals surface area contributed by atoms with E-state index in [1.165, 1.54) is 11.8 Å². The highest BCUT2D eigenvalue weighted by atomic mass is 16.5. The predicted molar refractivity (Wildman–Crippen MR) is 86.1 cm³/mol. The molecule has 0 saturated heterocycles. The maximum absolute atomic E-state index is 11.9. The summed E-state index contributed by atoms with van der Waals surface area (Å²) in [5, 5.41) is 10.4. The van der Waals surface area contributed by atoms with Gasteiger partial charge in [0.25, 0.3) is 0 Å². The highest BCUT2D eigenvalue weighted by Crippen LogP contribution is 2.30. The van der Waals surface area contributed by atoms with Crippen LogP contribution in [0, 0.1) is 0 Å². The van der Waals surface area contributed by atoms with Gasteiger partial charge < -0.3 is 9.84 Å². The van der Waals surface area contributed by atoms with Crippen LogP contribution in [0.4, 0.5) is 0 Å². The third kappa shape index (κ3) is 3.35. The van der Waals surface area contributed by atoms with E-state index in [9.17, 15) is 9.90 Å². The van der Waals surface area contributed by atoms with Crippen molar-refractivity contribution in [2.45, 2.75) is 26.4 Å². The molecule has 23 heavy (non-hydrogen) atoms. The summed E-state index contributed by atoms with van der Waals surface area (Å²) in [6, 6.07) is 10.2. The van der Waals surface area contributed by atoms with Gasteiger partial charge in [-0.25, -0.2) is 4.79 Å². The molecule has 0 atom stereocenters. The zero-order valence-corrected chi connectivity index (χ0v) is 13.2. The Morgan fingerprint density at radius 1 is 1.35 bits per heavy atom. The van der Waals surface area contributed by atoms with Gasteiger partial charge in [-0.05, 0) is 12.5 Å². The highest BCUT2D eigenvalue weighted by Gasteiger charge is 2.25. The number of hydrogen-bond acceptors (Lipinski definition) is 5. The second kappa shape index (κ2) is 6.79. The summed E-state index contributed by atoms with van der Waals surface area (Å²) in [6.45, 7) is 4.28. The van der Waals surface area contributed by atoms with Crippen LogP contribution in [0.2, 0.25) is 0 Å². The van der Waals surface area contributed by atoms with Crippen molar-refractivity contribution < 1.29 is 14.6 Å². The molecule has 5 nitrogen and oxygen atoms in total. The number of benzene rings is 1. The van der Waals surface area contributed by atoms with E-state index in [-0.39, 0.29) is 17.9 Å². The van der Waals surface area contributed by atoms with Crippen LogP contribution >= 0.6 is 0 Å². The molecule has 2 heterocycles. The molecule has 1 aliphatic rings. The fourth-order valence-electron chi connectivity index (χ4n) is 2.86. The Hall–Kier alpha value is -2.40. The Balaban J connectivity index is 1.81. The van der Waals surface area contributed by atoms with Crippen molar-refractivity contribution >= 4 is 5.97 Å². The number of rotatable bonds is 4. The summed E-state index contributed by atoms with van der Waals surface area (Å²) in [6.07, 6.45) is 2.18. The van der Waals surface area contributed by atoms with Crippen LogP contribution in [0.3, 0.4) is 0 Å². The number of esters is 1. The van der Waals surface area contributed by atoms with Crippen molar-refractivity contribution in [3.8, 4) is 5.75 Å². The Morgan fingerprint density at radius 3 is 2.87 bits per heavy atom. The minimum Gasteiger partial charge on any atom is -0.507 e. The minimum atomic E-state index is -0.527. The van der Waals surface area contributed by atoms with Gasteiger partial charge in [0, 0.05) is 43.5 Å². The van der Waals surface area contributed by atoms with Gasteiger partial charge in [-0.1, -0.05) is 30.3 Å². The highest BCUT2D eigenvalue weighted by molar-refractivity contribution is 5.92. The molecule has 1 aromatic heterocycles. The van der Waals surface area contributed by atoms with E-state index in [4.69, 9.17) is 4.74 Å². The summed E-state index contributed by atoms with van der Waals surface area (Å²) < 4.78 is 4.97. The Morgan fingerprint density at radius 2 is 2.13 bits per heavy atom. The molecule has 0 bridgehead atoms. The molecule has 0 fully saturated rings. The molecule has 0 radical (unpaired) electrons.